The van der Waals surface area contributed by atoms with Crippen LogP contribution in [0.15, 0.2) is 54.7 Å². The number of amides is 1. The van der Waals surface area contributed by atoms with Crippen LogP contribution in [0.2, 0.25) is 5.02 Å². The Balaban J connectivity index is 1.49. The number of halogens is 7. The normalized spacial score (nSPS) is 15.7. The van der Waals surface area contributed by atoms with Gasteiger partial charge in [-0.3, -0.25) is 9.78 Å². The maximum absolute atomic E-state index is 14.4. The van der Waals surface area contributed by atoms with Gasteiger partial charge in [0.05, 0.1) is 30.0 Å². The molecule has 0 bridgehead atoms. The third-order valence-corrected chi connectivity index (χ3v) is 7.14. The topological polar surface area (TPSA) is 73.3 Å². The second kappa shape index (κ2) is 11.0. The molecule has 0 saturated heterocycles. The van der Waals surface area contributed by atoms with Crippen LogP contribution in [0.1, 0.15) is 45.9 Å². The summed E-state index contributed by atoms with van der Waals surface area (Å²) in [6.07, 6.45) is -8.01. The first-order valence-electron chi connectivity index (χ1n) is 12.6. The molecule has 1 N–H and O–H groups in total. The number of carbonyl (C=O) groups excluding carboxylic acids is 1. The number of ether oxygens (including phenoxy) is 2. The quantitative estimate of drug-likeness (QED) is 0.229. The number of hydrogen-bond donors (Lipinski definition) is 1. The maximum atomic E-state index is 14.4. The number of pyridine rings is 2. The van der Waals surface area contributed by atoms with E-state index in [0.717, 1.165) is 24.3 Å². The number of fused-ring (bicyclic) bond motifs is 2. The summed E-state index contributed by atoms with van der Waals surface area (Å²) in [5, 5.41) is 3.08. The lowest BCUT2D eigenvalue weighted by molar-refractivity contribution is -0.149. The standard InChI is InChI=1S/C29H22ClF6N3O3/c1-14-13-42-26-20(14)10-22(39-25(26)15-3-5-18(6-4-15)28(31,32)33)21(29(34,35)36)12-38-27(40)17-7-16-8-19(30)11-37-24(16)23(9-17)41-2/h3-11,14,21H,12-13H2,1-2H3,(H,38,40). The molecule has 42 heavy (non-hydrogen) atoms. The van der Waals surface area contributed by atoms with Gasteiger partial charge >= 0.3 is 12.4 Å². The molecule has 0 saturated carbocycles. The monoisotopic (exact) mass is 609 g/mol. The van der Waals surface area contributed by atoms with E-state index >= 15 is 0 Å². The molecule has 3 heterocycles. The third kappa shape index (κ3) is 5.80. The maximum Gasteiger partial charge on any atom is 0.416 e. The van der Waals surface area contributed by atoms with Gasteiger partial charge in [0.25, 0.3) is 5.91 Å². The molecule has 2 aromatic heterocycles. The molecular formula is C29H22ClF6N3O3. The van der Waals surface area contributed by atoms with Gasteiger partial charge in [0.2, 0.25) is 0 Å². The van der Waals surface area contributed by atoms with Crippen molar-refractivity contribution in [1.82, 2.24) is 15.3 Å². The Labute approximate surface area is 240 Å². The molecule has 4 aromatic rings. The van der Waals surface area contributed by atoms with Crippen molar-refractivity contribution in [3.05, 3.63) is 82.1 Å². The molecule has 220 valence electrons. The Morgan fingerprint density at radius 3 is 2.48 bits per heavy atom. The van der Waals surface area contributed by atoms with Crippen LogP contribution in [0.25, 0.3) is 22.2 Å². The predicted octanol–water partition coefficient (Wildman–Crippen LogP) is 7.55. The fraction of sp³-hybridized carbons (Fsp3) is 0.276. The van der Waals surface area contributed by atoms with Crippen LogP contribution in [0, 0.1) is 0 Å². The van der Waals surface area contributed by atoms with Crippen LogP contribution >= 0.6 is 11.6 Å². The summed E-state index contributed by atoms with van der Waals surface area (Å²) in [5.41, 5.74) is -0.270. The summed E-state index contributed by atoms with van der Waals surface area (Å²) >= 11 is 6.01. The summed E-state index contributed by atoms with van der Waals surface area (Å²) in [7, 11) is 1.37. The van der Waals surface area contributed by atoms with E-state index in [9.17, 15) is 31.1 Å². The highest BCUT2D eigenvalue weighted by atomic mass is 35.5. The van der Waals surface area contributed by atoms with E-state index < -0.39 is 42.0 Å². The second-order valence-electron chi connectivity index (χ2n) is 9.81. The Morgan fingerprint density at radius 1 is 1.12 bits per heavy atom. The lowest BCUT2D eigenvalue weighted by Crippen LogP contribution is -2.35. The molecule has 2 unspecified atom stereocenters. The predicted molar refractivity (Wildman–Crippen MR) is 143 cm³/mol. The molecule has 13 heteroatoms. The van der Waals surface area contributed by atoms with Crippen molar-refractivity contribution in [2.45, 2.75) is 31.1 Å². The van der Waals surface area contributed by atoms with E-state index in [-0.39, 0.29) is 40.8 Å². The van der Waals surface area contributed by atoms with Crippen molar-refractivity contribution in [2.75, 3.05) is 20.3 Å². The van der Waals surface area contributed by atoms with Crippen LogP contribution in [0.4, 0.5) is 26.3 Å². The minimum Gasteiger partial charge on any atom is -0.494 e. The minimum atomic E-state index is -4.83. The average Bonchev–Trinajstić information content (AvgIpc) is 3.31. The molecule has 1 aliphatic heterocycles. The van der Waals surface area contributed by atoms with Gasteiger partial charge in [-0.25, -0.2) is 4.98 Å². The Kier molecular flexibility index (Phi) is 7.69. The number of nitrogens with zero attached hydrogens (tertiary/aromatic N) is 2. The smallest absolute Gasteiger partial charge is 0.416 e. The molecule has 0 fully saturated rings. The largest absolute Gasteiger partial charge is 0.494 e. The average molecular weight is 610 g/mol. The number of alkyl halides is 6. The summed E-state index contributed by atoms with van der Waals surface area (Å²) < 4.78 is 93.4. The molecule has 0 spiro atoms. The Morgan fingerprint density at radius 2 is 1.83 bits per heavy atom. The first-order chi connectivity index (χ1) is 19.8. The fourth-order valence-electron chi connectivity index (χ4n) is 4.74. The fourth-order valence-corrected chi connectivity index (χ4v) is 4.91. The summed E-state index contributed by atoms with van der Waals surface area (Å²) in [4.78, 5) is 21.4. The highest BCUT2D eigenvalue weighted by Gasteiger charge is 2.43. The number of carbonyl (C=O) groups is 1. The number of methoxy groups -OCH3 is 1. The van der Waals surface area contributed by atoms with E-state index in [1.54, 1.807) is 13.0 Å². The number of aromatic nitrogens is 2. The first-order valence-corrected chi connectivity index (χ1v) is 13.0. The van der Waals surface area contributed by atoms with Gasteiger partial charge in [-0.2, -0.15) is 26.3 Å². The van der Waals surface area contributed by atoms with Crippen LogP contribution in [0.3, 0.4) is 0 Å². The minimum absolute atomic E-state index is 0.00945. The molecule has 5 rings (SSSR count). The van der Waals surface area contributed by atoms with Gasteiger partial charge in [-0.15, -0.1) is 0 Å². The van der Waals surface area contributed by atoms with Crippen molar-refractivity contribution in [2.24, 2.45) is 0 Å². The highest BCUT2D eigenvalue weighted by molar-refractivity contribution is 6.31. The summed E-state index contributed by atoms with van der Waals surface area (Å²) in [6, 6.07) is 9.55. The zero-order valence-electron chi connectivity index (χ0n) is 22.0. The molecular weight excluding hydrogens is 588 g/mol. The molecule has 2 aromatic carbocycles. The van der Waals surface area contributed by atoms with Crippen LogP contribution < -0.4 is 14.8 Å². The van der Waals surface area contributed by atoms with Crippen molar-refractivity contribution >= 4 is 28.4 Å². The van der Waals surface area contributed by atoms with E-state index in [1.807, 2.05) is 0 Å². The van der Waals surface area contributed by atoms with Crippen LogP contribution in [-0.4, -0.2) is 42.3 Å². The number of nitrogens with one attached hydrogen (secondary N) is 1. The second-order valence-corrected chi connectivity index (χ2v) is 10.2. The molecule has 1 amide bonds. The summed E-state index contributed by atoms with van der Waals surface area (Å²) in [6.45, 7) is 1.07. The number of benzene rings is 2. The molecule has 0 aliphatic carbocycles. The van der Waals surface area contributed by atoms with Crippen molar-refractivity contribution in [1.29, 1.82) is 0 Å². The molecule has 2 atom stereocenters. The number of rotatable bonds is 6. The zero-order chi connectivity index (χ0) is 30.4. The van der Waals surface area contributed by atoms with E-state index in [4.69, 9.17) is 21.1 Å². The van der Waals surface area contributed by atoms with E-state index in [0.29, 0.717) is 21.5 Å². The van der Waals surface area contributed by atoms with Gasteiger partial charge in [-0.1, -0.05) is 30.7 Å². The van der Waals surface area contributed by atoms with Gasteiger partial charge in [0.15, 0.2) is 0 Å². The molecule has 6 nitrogen and oxygen atoms in total. The highest BCUT2D eigenvalue weighted by Crippen LogP contribution is 2.44. The first kappa shape index (κ1) is 29.4. The summed E-state index contributed by atoms with van der Waals surface area (Å²) in [5.74, 6) is -2.87. The van der Waals surface area contributed by atoms with Crippen LogP contribution in [0.5, 0.6) is 11.5 Å². The van der Waals surface area contributed by atoms with Crippen LogP contribution in [-0.2, 0) is 6.18 Å². The van der Waals surface area contributed by atoms with E-state index in [2.05, 4.69) is 15.3 Å². The van der Waals surface area contributed by atoms with Gasteiger partial charge in [-0.05, 0) is 36.4 Å². The van der Waals surface area contributed by atoms with E-state index in [1.165, 1.54) is 31.5 Å². The van der Waals surface area contributed by atoms with Gasteiger partial charge in [0.1, 0.15) is 28.6 Å². The Hall–Kier alpha value is -4.06. The lowest BCUT2D eigenvalue weighted by atomic mass is 9.95. The van der Waals surface area contributed by atoms with Gasteiger partial charge < -0.3 is 14.8 Å². The van der Waals surface area contributed by atoms with Crippen molar-refractivity contribution < 1.29 is 40.6 Å². The molecule has 1 aliphatic rings. The van der Waals surface area contributed by atoms with Gasteiger partial charge in [0, 0.05) is 40.7 Å². The third-order valence-electron chi connectivity index (χ3n) is 6.93. The zero-order valence-corrected chi connectivity index (χ0v) is 22.8. The number of hydrogen-bond acceptors (Lipinski definition) is 5. The SMILES string of the molecule is COc1cc(C(=O)NCC(c2cc3c(c(-c4ccc(C(F)(F)F)cc4)n2)OCC3C)C(F)(F)F)cc2cc(Cl)cnc12. The lowest BCUT2D eigenvalue weighted by Gasteiger charge is -2.22. The molecule has 0 radical (unpaired) electrons. The van der Waals surface area contributed by atoms with Crippen molar-refractivity contribution in [3.63, 3.8) is 0 Å². The Bertz CT molecular complexity index is 1660. The van der Waals surface area contributed by atoms with Crippen molar-refractivity contribution in [3.8, 4) is 22.8 Å².